The maximum absolute atomic E-state index is 12.5. The summed E-state index contributed by atoms with van der Waals surface area (Å²) in [5.41, 5.74) is 6.67. The molecule has 0 aliphatic carbocycles. The first-order valence-electron chi connectivity index (χ1n) is 7.45. The summed E-state index contributed by atoms with van der Waals surface area (Å²) in [6.45, 7) is 3.66. The molecule has 0 aromatic heterocycles. The van der Waals surface area contributed by atoms with Crippen LogP contribution in [0.15, 0.2) is 36.4 Å². The Bertz CT molecular complexity index is 786. The highest BCUT2D eigenvalue weighted by atomic mass is 35.5. The largest absolute Gasteiger partial charge is 0.497 e. The number of methoxy groups -OCH3 is 1. The molecule has 2 aromatic rings. The van der Waals surface area contributed by atoms with E-state index in [0.717, 1.165) is 0 Å². The Morgan fingerprint density at radius 1 is 1.21 bits per heavy atom. The van der Waals surface area contributed by atoms with Crippen molar-refractivity contribution in [2.45, 2.75) is 25.6 Å². The number of nitrogen functional groups attached to an aromatic ring is 1. The zero-order chi connectivity index (χ0) is 17.5. The Hall–Kier alpha value is -2.40. The minimum Gasteiger partial charge on any atom is -0.497 e. The quantitative estimate of drug-likeness (QED) is 0.671. The van der Waals surface area contributed by atoms with Gasteiger partial charge in [0.25, 0.3) is 0 Å². The van der Waals surface area contributed by atoms with E-state index in [0.29, 0.717) is 33.3 Å². The van der Waals surface area contributed by atoms with Crippen molar-refractivity contribution in [3.8, 4) is 11.5 Å². The first-order valence-corrected chi connectivity index (χ1v) is 7.83. The van der Waals surface area contributed by atoms with Gasteiger partial charge >= 0.3 is 5.97 Å². The van der Waals surface area contributed by atoms with Crippen molar-refractivity contribution in [2.75, 3.05) is 12.8 Å². The molecule has 1 unspecified atom stereocenters. The van der Waals surface area contributed by atoms with Crippen LogP contribution in [0, 0.1) is 0 Å². The lowest BCUT2D eigenvalue weighted by molar-refractivity contribution is -0.0299. The highest BCUT2D eigenvalue weighted by molar-refractivity contribution is 6.31. The highest BCUT2D eigenvalue weighted by Crippen LogP contribution is 2.51. The molecule has 0 saturated carbocycles. The van der Waals surface area contributed by atoms with Crippen LogP contribution in [0.3, 0.4) is 0 Å². The van der Waals surface area contributed by atoms with Crippen molar-refractivity contribution in [3.05, 3.63) is 52.5 Å². The van der Waals surface area contributed by atoms with Crippen LogP contribution in [0.4, 0.5) is 5.69 Å². The number of rotatable bonds is 3. The molecule has 1 atom stereocenters. The van der Waals surface area contributed by atoms with Gasteiger partial charge in [0.2, 0.25) is 0 Å². The summed E-state index contributed by atoms with van der Waals surface area (Å²) >= 11 is 6.29. The van der Waals surface area contributed by atoms with Crippen molar-refractivity contribution >= 4 is 23.3 Å². The fourth-order valence-electron chi connectivity index (χ4n) is 2.72. The molecule has 1 aliphatic rings. The number of benzene rings is 2. The van der Waals surface area contributed by atoms with Gasteiger partial charge in [-0.2, -0.15) is 0 Å². The van der Waals surface area contributed by atoms with E-state index < -0.39 is 17.7 Å². The van der Waals surface area contributed by atoms with Crippen LogP contribution in [-0.2, 0) is 4.74 Å². The molecule has 0 amide bonds. The standard InChI is InChI=1S/C18H18ClNO4/c1-18(2)16(14-12(19)8-9-13(20)15(14)24-18)23-17(21)10-4-6-11(22-3)7-5-10/h4-9,16H,20H2,1-3H3. The molecule has 2 N–H and O–H groups in total. The lowest BCUT2D eigenvalue weighted by atomic mass is 9.97. The molecule has 0 radical (unpaired) electrons. The van der Waals surface area contributed by atoms with Crippen molar-refractivity contribution in [1.82, 2.24) is 0 Å². The van der Waals surface area contributed by atoms with Gasteiger partial charge in [-0.25, -0.2) is 4.79 Å². The lowest BCUT2D eigenvalue weighted by Gasteiger charge is -2.26. The van der Waals surface area contributed by atoms with Gasteiger partial charge in [-0.1, -0.05) is 11.6 Å². The third-order valence-electron chi connectivity index (χ3n) is 3.98. The maximum Gasteiger partial charge on any atom is 0.338 e. The third-order valence-corrected chi connectivity index (χ3v) is 4.31. The van der Waals surface area contributed by atoms with Gasteiger partial charge in [0.05, 0.1) is 28.9 Å². The predicted octanol–water partition coefficient (Wildman–Crippen LogP) is 4.00. The number of nitrogens with two attached hydrogens (primary N) is 1. The molecule has 5 nitrogen and oxygen atoms in total. The van der Waals surface area contributed by atoms with Crippen molar-refractivity contribution < 1.29 is 19.0 Å². The number of ether oxygens (including phenoxy) is 3. The highest BCUT2D eigenvalue weighted by Gasteiger charge is 2.46. The van der Waals surface area contributed by atoms with Gasteiger partial charge in [-0.3, -0.25) is 0 Å². The summed E-state index contributed by atoms with van der Waals surface area (Å²) in [5.74, 6) is 0.669. The second-order valence-electron chi connectivity index (χ2n) is 6.10. The Balaban J connectivity index is 1.92. The summed E-state index contributed by atoms with van der Waals surface area (Å²) in [7, 11) is 1.56. The molecule has 0 spiro atoms. The SMILES string of the molecule is COc1ccc(C(=O)OC2c3c(Cl)ccc(N)c3OC2(C)C)cc1. The fraction of sp³-hybridized carbons (Fsp3) is 0.278. The van der Waals surface area contributed by atoms with E-state index >= 15 is 0 Å². The monoisotopic (exact) mass is 347 g/mol. The maximum atomic E-state index is 12.5. The molecular weight excluding hydrogens is 330 g/mol. The van der Waals surface area contributed by atoms with E-state index in [1.165, 1.54) is 0 Å². The Labute approximate surface area is 145 Å². The second kappa shape index (κ2) is 5.91. The molecule has 3 rings (SSSR count). The Morgan fingerprint density at radius 2 is 1.88 bits per heavy atom. The van der Waals surface area contributed by atoms with Gasteiger partial charge in [0.1, 0.15) is 11.4 Å². The van der Waals surface area contributed by atoms with Crippen molar-refractivity contribution in [3.63, 3.8) is 0 Å². The van der Waals surface area contributed by atoms with Gasteiger partial charge in [0.15, 0.2) is 11.9 Å². The minimum atomic E-state index is -0.774. The number of carbonyl (C=O) groups excluding carboxylic acids is 1. The first-order chi connectivity index (χ1) is 11.3. The smallest absolute Gasteiger partial charge is 0.338 e. The predicted molar refractivity (Wildman–Crippen MR) is 91.7 cm³/mol. The van der Waals surface area contributed by atoms with Crippen LogP contribution in [0.2, 0.25) is 5.02 Å². The molecule has 24 heavy (non-hydrogen) atoms. The van der Waals surface area contributed by atoms with Crippen LogP contribution in [0.5, 0.6) is 11.5 Å². The van der Waals surface area contributed by atoms with E-state index in [1.54, 1.807) is 43.5 Å². The van der Waals surface area contributed by atoms with E-state index in [1.807, 2.05) is 13.8 Å². The van der Waals surface area contributed by atoms with Crippen LogP contribution in [0.1, 0.15) is 35.9 Å². The molecule has 0 bridgehead atoms. The average Bonchev–Trinajstić information content (AvgIpc) is 2.83. The van der Waals surface area contributed by atoms with Gasteiger partial charge in [-0.05, 0) is 50.2 Å². The number of halogens is 1. The third kappa shape index (κ3) is 2.76. The van der Waals surface area contributed by atoms with Gasteiger partial charge < -0.3 is 19.9 Å². The molecule has 6 heteroatoms. The van der Waals surface area contributed by atoms with Gasteiger partial charge in [-0.15, -0.1) is 0 Å². The first kappa shape index (κ1) is 16.5. The summed E-state index contributed by atoms with van der Waals surface area (Å²) < 4.78 is 16.7. The number of esters is 1. The van der Waals surface area contributed by atoms with Crippen LogP contribution in [0.25, 0.3) is 0 Å². The van der Waals surface area contributed by atoms with Crippen LogP contribution < -0.4 is 15.2 Å². The fourth-order valence-corrected chi connectivity index (χ4v) is 2.97. The summed E-state index contributed by atoms with van der Waals surface area (Å²) in [6.07, 6.45) is -0.655. The Morgan fingerprint density at radius 3 is 2.50 bits per heavy atom. The van der Waals surface area contributed by atoms with Gasteiger partial charge in [0, 0.05) is 0 Å². The summed E-state index contributed by atoms with van der Waals surface area (Å²) in [6, 6.07) is 10.0. The van der Waals surface area contributed by atoms with Crippen molar-refractivity contribution in [2.24, 2.45) is 0 Å². The molecule has 1 heterocycles. The second-order valence-corrected chi connectivity index (χ2v) is 6.51. The summed E-state index contributed by atoms with van der Waals surface area (Å²) in [4.78, 5) is 12.5. The molecule has 2 aromatic carbocycles. The molecule has 126 valence electrons. The average molecular weight is 348 g/mol. The summed E-state index contributed by atoms with van der Waals surface area (Å²) in [5, 5.41) is 0.456. The zero-order valence-corrected chi connectivity index (χ0v) is 14.4. The lowest BCUT2D eigenvalue weighted by Crippen LogP contribution is -2.33. The zero-order valence-electron chi connectivity index (χ0n) is 13.6. The minimum absolute atomic E-state index is 0.417. The number of hydrogen-bond donors (Lipinski definition) is 1. The normalized spacial score (nSPS) is 17.8. The molecular formula is C18H18ClNO4. The molecule has 1 aliphatic heterocycles. The van der Waals surface area contributed by atoms with Crippen molar-refractivity contribution in [1.29, 1.82) is 0 Å². The van der Waals surface area contributed by atoms with Crippen LogP contribution >= 0.6 is 11.6 Å². The molecule has 0 saturated heterocycles. The van der Waals surface area contributed by atoms with Crippen LogP contribution in [-0.4, -0.2) is 18.7 Å². The number of hydrogen-bond acceptors (Lipinski definition) is 5. The van der Waals surface area contributed by atoms with E-state index in [2.05, 4.69) is 0 Å². The van der Waals surface area contributed by atoms with E-state index in [4.69, 9.17) is 31.5 Å². The van der Waals surface area contributed by atoms with E-state index in [-0.39, 0.29) is 0 Å². The Kier molecular flexibility index (Phi) is 4.05. The number of fused-ring (bicyclic) bond motifs is 1. The number of carbonyl (C=O) groups is 1. The van der Waals surface area contributed by atoms with E-state index in [9.17, 15) is 4.79 Å². The topological polar surface area (TPSA) is 70.8 Å². The number of anilines is 1. The molecule has 0 fully saturated rings.